The summed E-state index contributed by atoms with van der Waals surface area (Å²) >= 11 is 5.76. The highest BCUT2D eigenvalue weighted by atomic mass is 35.5. The summed E-state index contributed by atoms with van der Waals surface area (Å²) in [5, 5.41) is 8.31. The molecule has 2 heterocycles. The minimum Gasteiger partial charge on any atom is -0.336 e. The number of nitrogens with zero attached hydrogens (tertiary/aromatic N) is 1. The summed E-state index contributed by atoms with van der Waals surface area (Å²) in [7, 11) is -3.22. The molecule has 0 radical (unpaired) electrons. The first-order valence-corrected chi connectivity index (χ1v) is 10.4. The zero-order valence-corrected chi connectivity index (χ0v) is 16.2. The Bertz CT molecular complexity index is 981. The summed E-state index contributed by atoms with van der Waals surface area (Å²) < 4.78 is 25.1. The van der Waals surface area contributed by atoms with Crippen molar-refractivity contribution in [2.24, 2.45) is 0 Å². The number of carbonyl (C=O) groups is 2. The summed E-state index contributed by atoms with van der Waals surface area (Å²) in [4.78, 5) is 28.3. The number of halogens is 1. The third-order valence-electron chi connectivity index (χ3n) is 3.94. The summed E-state index contributed by atoms with van der Waals surface area (Å²) in [5.74, 6) is 0.0180. The van der Waals surface area contributed by atoms with Crippen molar-refractivity contribution in [1.29, 1.82) is 0 Å². The van der Waals surface area contributed by atoms with E-state index >= 15 is 0 Å². The number of hydrogen-bond acceptors (Lipinski definition) is 5. The van der Waals surface area contributed by atoms with Gasteiger partial charge in [0, 0.05) is 30.0 Å². The van der Waals surface area contributed by atoms with E-state index < -0.39 is 16.1 Å². The summed E-state index contributed by atoms with van der Waals surface area (Å²) in [6.45, 7) is 0.174. The second kappa shape index (κ2) is 8.55. The number of pyridine rings is 1. The van der Waals surface area contributed by atoms with E-state index in [1.54, 1.807) is 30.3 Å². The van der Waals surface area contributed by atoms with Crippen molar-refractivity contribution in [3.8, 4) is 0 Å². The van der Waals surface area contributed by atoms with Gasteiger partial charge >= 0.3 is 6.03 Å². The van der Waals surface area contributed by atoms with Crippen molar-refractivity contribution >= 4 is 45.1 Å². The molecule has 148 valence electrons. The third-order valence-corrected chi connectivity index (χ3v) is 5.63. The largest absolute Gasteiger partial charge is 0.336 e. The van der Waals surface area contributed by atoms with Crippen LogP contribution >= 0.6 is 11.6 Å². The molecule has 2 aromatic rings. The zero-order valence-electron chi connectivity index (χ0n) is 14.6. The molecule has 1 fully saturated rings. The average molecular weight is 424 g/mol. The van der Waals surface area contributed by atoms with Crippen molar-refractivity contribution in [2.45, 2.75) is 12.5 Å². The molecule has 1 aromatic carbocycles. The lowest BCUT2D eigenvalue weighted by Gasteiger charge is -2.12. The van der Waals surface area contributed by atoms with E-state index in [2.05, 4.69) is 25.7 Å². The van der Waals surface area contributed by atoms with E-state index in [1.165, 1.54) is 12.3 Å². The molecule has 11 heteroatoms. The Morgan fingerprint density at radius 1 is 1.21 bits per heavy atom. The smallest absolute Gasteiger partial charge is 0.319 e. The van der Waals surface area contributed by atoms with Crippen molar-refractivity contribution in [2.75, 3.05) is 22.9 Å². The van der Waals surface area contributed by atoms with Crippen LogP contribution in [-0.4, -0.2) is 43.7 Å². The Hall–Kier alpha value is -2.69. The fourth-order valence-electron chi connectivity index (χ4n) is 2.58. The number of nitrogens with one attached hydrogen (secondary N) is 4. The number of amides is 3. The quantitative estimate of drug-likeness (QED) is 0.582. The molecule has 1 saturated heterocycles. The lowest BCUT2D eigenvalue weighted by atomic mass is 10.2. The lowest BCUT2D eigenvalue weighted by Crippen LogP contribution is -2.40. The number of aromatic nitrogens is 1. The molecule has 0 bridgehead atoms. The molecular weight excluding hydrogens is 406 g/mol. The molecule has 0 spiro atoms. The molecular formula is C17H18ClN5O4S. The van der Waals surface area contributed by atoms with Crippen LogP contribution in [-0.2, 0) is 10.0 Å². The van der Waals surface area contributed by atoms with Gasteiger partial charge in [0.05, 0.1) is 10.8 Å². The van der Waals surface area contributed by atoms with Gasteiger partial charge in [-0.05, 0) is 36.8 Å². The predicted molar refractivity (Wildman–Crippen MR) is 106 cm³/mol. The molecule has 4 N–H and O–H groups in total. The molecule has 9 nitrogen and oxygen atoms in total. The number of rotatable bonds is 5. The van der Waals surface area contributed by atoms with E-state index in [-0.39, 0.29) is 24.2 Å². The highest BCUT2D eigenvalue weighted by Gasteiger charge is 2.26. The Morgan fingerprint density at radius 3 is 2.71 bits per heavy atom. The molecule has 1 unspecified atom stereocenters. The molecule has 0 saturated carbocycles. The first-order chi connectivity index (χ1) is 13.3. The minimum atomic E-state index is -3.22. The maximum Gasteiger partial charge on any atom is 0.319 e. The molecule has 1 aliphatic heterocycles. The standard InChI is InChI=1S/C17H18ClN5O4S/c18-12-4-5-15(19-9-12)22-16(24)11-2-1-3-13(8-11)21-17(25)20-10-14-6-7-28(26,27)23-14/h1-5,8-9,14,23H,6-7,10H2,(H,19,22,24)(H2,20,21,25). The minimum absolute atomic E-state index is 0.0562. The van der Waals surface area contributed by atoms with Gasteiger partial charge in [0.25, 0.3) is 5.91 Å². The van der Waals surface area contributed by atoms with E-state index in [9.17, 15) is 18.0 Å². The van der Waals surface area contributed by atoms with Crippen molar-refractivity contribution in [3.63, 3.8) is 0 Å². The topological polar surface area (TPSA) is 129 Å². The number of urea groups is 1. The monoisotopic (exact) mass is 423 g/mol. The summed E-state index contributed by atoms with van der Waals surface area (Å²) in [6, 6.07) is 8.75. The molecule has 3 amide bonds. The van der Waals surface area contributed by atoms with Gasteiger partial charge in [-0.25, -0.2) is 22.9 Å². The molecule has 1 aromatic heterocycles. The number of sulfonamides is 1. The van der Waals surface area contributed by atoms with E-state index in [1.807, 2.05) is 0 Å². The van der Waals surface area contributed by atoms with Crippen molar-refractivity contribution < 1.29 is 18.0 Å². The highest BCUT2D eigenvalue weighted by molar-refractivity contribution is 7.89. The maximum atomic E-state index is 12.3. The second-order valence-electron chi connectivity index (χ2n) is 6.15. The number of anilines is 2. The molecule has 1 aliphatic rings. The van der Waals surface area contributed by atoms with Crippen LogP contribution < -0.4 is 20.7 Å². The molecule has 3 rings (SSSR count). The fraction of sp³-hybridized carbons (Fsp3) is 0.235. The molecule has 0 aliphatic carbocycles. The van der Waals surface area contributed by atoms with Gasteiger partial charge in [0.15, 0.2) is 0 Å². The first-order valence-electron chi connectivity index (χ1n) is 8.38. The Labute approximate surface area is 166 Å². The van der Waals surface area contributed by atoms with Crippen LogP contribution in [0.25, 0.3) is 0 Å². The van der Waals surface area contributed by atoms with Gasteiger partial charge in [0.1, 0.15) is 5.82 Å². The third kappa shape index (κ3) is 5.65. The fourth-order valence-corrected chi connectivity index (χ4v) is 4.11. The molecule has 28 heavy (non-hydrogen) atoms. The maximum absolute atomic E-state index is 12.3. The SMILES string of the molecule is O=C(NCC1CCS(=O)(=O)N1)Nc1cccc(C(=O)Nc2ccc(Cl)cn2)c1. The predicted octanol–water partition coefficient (Wildman–Crippen LogP) is 1.80. The number of benzene rings is 1. The van der Waals surface area contributed by atoms with Gasteiger partial charge in [-0.2, -0.15) is 0 Å². The van der Waals surface area contributed by atoms with Crippen LogP contribution in [0.3, 0.4) is 0 Å². The Balaban J connectivity index is 1.54. The van der Waals surface area contributed by atoms with Crippen LogP contribution in [0.2, 0.25) is 5.02 Å². The van der Waals surface area contributed by atoms with Gasteiger partial charge in [-0.1, -0.05) is 17.7 Å². The van der Waals surface area contributed by atoms with Gasteiger partial charge in [0.2, 0.25) is 10.0 Å². The van der Waals surface area contributed by atoms with Crippen LogP contribution in [0.1, 0.15) is 16.8 Å². The normalized spacial score (nSPS) is 17.7. The highest BCUT2D eigenvalue weighted by Crippen LogP contribution is 2.14. The number of hydrogen-bond donors (Lipinski definition) is 4. The Kier molecular flexibility index (Phi) is 6.12. The summed E-state index contributed by atoms with van der Waals surface area (Å²) in [6.07, 6.45) is 1.86. The van der Waals surface area contributed by atoms with E-state index in [0.29, 0.717) is 28.5 Å². The first kappa shape index (κ1) is 20.1. The van der Waals surface area contributed by atoms with Crippen molar-refractivity contribution in [1.82, 2.24) is 15.0 Å². The van der Waals surface area contributed by atoms with Crippen molar-refractivity contribution in [3.05, 3.63) is 53.2 Å². The second-order valence-corrected chi connectivity index (χ2v) is 8.46. The van der Waals surface area contributed by atoms with E-state index in [0.717, 1.165) is 0 Å². The van der Waals surface area contributed by atoms with Crippen LogP contribution in [0, 0.1) is 0 Å². The van der Waals surface area contributed by atoms with Crippen LogP contribution in [0.5, 0.6) is 0 Å². The molecule has 1 atom stereocenters. The number of carbonyl (C=O) groups excluding carboxylic acids is 2. The lowest BCUT2D eigenvalue weighted by molar-refractivity contribution is 0.102. The van der Waals surface area contributed by atoms with Gasteiger partial charge in [-0.3, -0.25) is 4.79 Å². The Morgan fingerprint density at radius 2 is 2.04 bits per heavy atom. The van der Waals surface area contributed by atoms with Gasteiger partial charge < -0.3 is 16.0 Å². The van der Waals surface area contributed by atoms with Crippen LogP contribution in [0.15, 0.2) is 42.6 Å². The van der Waals surface area contributed by atoms with Gasteiger partial charge in [-0.15, -0.1) is 0 Å². The summed E-state index contributed by atoms with van der Waals surface area (Å²) in [5.41, 5.74) is 0.749. The van der Waals surface area contributed by atoms with E-state index in [4.69, 9.17) is 11.6 Å². The van der Waals surface area contributed by atoms with Crippen LogP contribution in [0.4, 0.5) is 16.3 Å². The average Bonchev–Trinajstić information content (AvgIpc) is 3.01. The zero-order chi connectivity index (χ0) is 20.1.